The van der Waals surface area contributed by atoms with Crippen LogP contribution in [0, 0.1) is 17.0 Å². The molecule has 2 rings (SSSR count). The third-order valence-corrected chi connectivity index (χ3v) is 4.15. The van der Waals surface area contributed by atoms with E-state index in [1.54, 1.807) is 6.92 Å². The predicted octanol–water partition coefficient (Wildman–Crippen LogP) is 3.89. The fourth-order valence-electron chi connectivity index (χ4n) is 1.94. The average Bonchev–Trinajstić information content (AvgIpc) is 2.45. The van der Waals surface area contributed by atoms with Crippen molar-refractivity contribution in [3.8, 4) is 0 Å². The van der Waals surface area contributed by atoms with Gasteiger partial charge in [-0.25, -0.2) is 4.79 Å². The van der Waals surface area contributed by atoms with E-state index in [1.165, 1.54) is 23.9 Å². The minimum Gasteiger partial charge on any atom is -0.478 e. The maximum Gasteiger partial charge on any atom is 0.337 e. The van der Waals surface area contributed by atoms with Gasteiger partial charge in [-0.05, 0) is 18.6 Å². The molecule has 0 atom stereocenters. The van der Waals surface area contributed by atoms with Crippen LogP contribution in [0.4, 0.5) is 5.69 Å². The molecule has 0 unspecified atom stereocenters. The second kappa shape index (κ2) is 6.41. The van der Waals surface area contributed by atoms with E-state index < -0.39 is 10.9 Å². The van der Waals surface area contributed by atoms with E-state index in [2.05, 4.69) is 0 Å². The molecule has 0 fully saturated rings. The van der Waals surface area contributed by atoms with Crippen LogP contribution < -0.4 is 0 Å². The summed E-state index contributed by atoms with van der Waals surface area (Å²) in [6.45, 7) is 1.61. The lowest BCUT2D eigenvalue weighted by Crippen LogP contribution is -2.04. The minimum atomic E-state index is -1.16. The summed E-state index contributed by atoms with van der Waals surface area (Å²) in [5, 5.41) is 20.5. The number of carbonyl (C=O) groups is 1. The molecule has 0 saturated carbocycles. The number of nitro benzene ring substituents is 1. The van der Waals surface area contributed by atoms with Crippen LogP contribution in [0.5, 0.6) is 0 Å². The summed E-state index contributed by atoms with van der Waals surface area (Å²) in [6.07, 6.45) is 0. The molecule has 0 aliphatic carbocycles. The van der Waals surface area contributed by atoms with Crippen LogP contribution in [0.25, 0.3) is 0 Å². The number of rotatable bonds is 5. The summed E-state index contributed by atoms with van der Waals surface area (Å²) in [6, 6.07) is 12.3. The maximum absolute atomic E-state index is 11.3. The molecule has 0 aliphatic rings. The van der Waals surface area contributed by atoms with Crippen molar-refractivity contribution in [1.82, 2.24) is 0 Å². The topological polar surface area (TPSA) is 80.4 Å². The molecule has 2 aromatic rings. The minimum absolute atomic E-state index is 0.0340. The van der Waals surface area contributed by atoms with Crippen LogP contribution in [0.2, 0.25) is 0 Å². The molecule has 5 nitrogen and oxygen atoms in total. The Bertz CT molecular complexity index is 686. The first-order chi connectivity index (χ1) is 10.0. The molecule has 108 valence electrons. The van der Waals surface area contributed by atoms with E-state index in [0.717, 1.165) is 5.56 Å². The van der Waals surface area contributed by atoms with E-state index in [4.69, 9.17) is 0 Å². The maximum atomic E-state index is 11.3. The second-order valence-electron chi connectivity index (χ2n) is 4.44. The second-order valence-corrected chi connectivity index (χ2v) is 5.43. The quantitative estimate of drug-likeness (QED) is 0.515. The molecule has 21 heavy (non-hydrogen) atoms. The van der Waals surface area contributed by atoms with Gasteiger partial charge in [0.2, 0.25) is 0 Å². The Morgan fingerprint density at radius 1 is 1.24 bits per heavy atom. The van der Waals surface area contributed by atoms with Crippen molar-refractivity contribution in [3.63, 3.8) is 0 Å². The highest BCUT2D eigenvalue weighted by Crippen LogP contribution is 2.37. The van der Waals surface area contributed by atoms with Crippen molar-refractivity contribution in [2.75, 3.05) is 0 Å². The van der Waals surface area contributed by atoms with E-state index in [1.807, 2.05) is 30.3 Å². The summed E-state index contributed by atoms with van der Waals surface area (Å²) in [7, 11) is 0. The Kier molecular flexibility index (Phi) is 4.59. The largest absolute Gasteiger partial charge is 0.478 e. The van der Waals surface area contributed by atoms with Gasteiger partial charge in [0.05, 0.1) is 10.5 Å². The van der Waals surface area contributed by atoms with Gasteiger partial charge in [0, 0.05) is 11.3 Å². The molecule has 0 spiro atoms. The highest BCUT2D eigenvalue weighted by Gasteiger charge is 2.24. The Hall–Kier alpha value is -2.34. The molecule has 2 aromatic carbocycles. The highest BCUT2D eigenvalue weighted by atomic mass is 32.2. The molecule has 0 amide bonds. The van der Waals surface area contributed by atoms with E-state index in [9.17, 15) is 20.0 Å². The van der Waals surface area contributed by atoms with Gasteiger partial charge >= 0.3 is 5.97 Å². The number of carboxylic acid groups (broad SMARTS) is 1. The zero-order valence-electron chi connectivity index (χ0n) is 11.3. The molecule has 0 saturated heterocycles. The standard InChI is InChI=1S/C15H13NO4S/c1-10-7-8-12(15(17)18)14(13(10)16(19)20)21-9-11-5-3-2-4-6-11/h2-8H,9H2,1H3,(H,17,18). The fourth-order valence-corrected chi connectivity index (χ4v) is 3.13. The van der Waals surface area contributed by atoms with Gasteiger partial charge < -0.3 is 5.11 Å². The first-order valence-corrected chi connectivity index (χ1v) is 7.17. The average molecular weight is 303 g/mol. The zero-order valence-corrected chi connectivity index (χ0v) is 12.1. The molecule has 0 radical (unpaired) electrons. The van der Waals surface area contributed by atoms with Crippen molar-refractivity contribution in [3.05, 3.63) is 69.3 Å². The van der Waals surface area contributed by atoms with E-state index >= 15 is 0 Å². The molecule has 0 bridgehead atoms. The van der Waals surface area contributed by atoms with Gasteiger partial charge in [0.25, 0.3) is 5.69 Å². The Morgan fingerprint density at radius 2 is 1.90 bits per heavy atom. The smallest absolute Gasteiger partial charge is 0.337 e. The molecule has 0 aromatic heterocycles. The van der Waals surface area contributed by atoms with Crippen molar-refractivity contribution in [2.24, 2.45) is 0 Å². The van der Waals surface area contributed by atoms with Crippen molar-refractivity contribution in [2.45, 2.75) is 17.6 Å². The number of aromatic carboxylic acids is 1. The summed E-state index contributed by atoms with van der Waals surface area (Å²) < 4.78 is 0. The lowest BCUT2D eigenvalue weighted by Gasteiger charge is -2.09. The van der Waals surface area contributed by atoms with Gasteiger partial charge in [-0.15, -0.1) is 11.8 Å². The Balaban J connectivity index is 2.42. The summed E-state index contributed by atoms with van der Waals surface area (Å²) in [5.41, 5.74) is 1.28. The highest BCUT2D eigenvalue weighted by molar-refractivity contribution is 7.98. The number of aryl methyl sites for hydroxylation is 1. The van der Waals surface area contributed by atoms with Gasteiger partial charge in [0.1, 0.15) is 4.90 Å². The van der Waals surface area contributed by atoms with E-state index in [-0.39, 0.29) is 16.1 Å². The Labute approximate surface area is 125 Å². The van der Waals surface area contributed by atoms with Crippen LogP contribution in [-0.2, 0) is 5.75 Å². The van der Waals surface area contributed by atoms with Gasteiger partial charge in [-0.3, -0.25) is 10.1 Å². The first kappa shape index (κ1) is 15.1. The lowest BCUT2D eigenvalue weighted by atomic mass is 10.1. The molecule has 0 heterocycles. The number of hydrogen-bond acceptors (Lipinski definition) is 4. The van der Waals surface area contributed by atoms with Crippen LogP contribution in [0.1, 0.15) is 21.5 Å². The number of nitrogens with zero attached hydrogens (tertiary/aromatic N) is 1. The van der Waals surface area contributed by atoms with Crippen LogP contribution >= 0.6 is 11.8 Å². The molecular formula is C15H13NO4S. The lowest BCUT2D eigenvalue weighted by molar-refractivity contribution is -0.388. The predicted molar refractivity (Wildman–Crippen MR) is 80.8 cm³/mol. The molecule has 1 N–H and O–H groups in total. The number of carboxylic acids is 1. The number of thioether (sulfide) groups is 1. The van der Waals surface area contributed by atoms with Crippen molar-refractivity contribution >= 4 is 23.4 Å². The van der Waals surface area contributed by atoms with Gasteiger partial charge in [0.15, 0.2) is 0 Å². The summed E-state index contributed by atoms with van der Waals surface area (Å²) in [4.78, 5) is 22.2. The van der Waals surface area contributed by atoms with Crippen molar-refractivity contribution < 1.29 is 14.8 Å². The van der Waals surface area contributed by atoms with Crippen LogP contribution in [-0.4, -0.2) is 16.0 Å². The molecule has 6 heteroatoms. The van der Waals surface area contributed by atoms with Crippen LogP contribution in [0.15, 0.2) is 47.4 Å². The van der Waals surface area contributed by atoms with Crippen molar-refractivity contribution in [1.29, 1.82) is 0 Å². The molecule has 0 aliphatic heterocycles. The number of benzene rings is 2. The summed E-state index contributed by atoms with van der Waals surface area (Å²) >= 11 is 1.18. The zero-order chi connectivity index (χ0) is 15.4. The Morgan fingerprint density at radius 3 is 2.48 bits per heavy atom. The number of nitro groups is 1. The number of hydrogen-bond donors (Lipinski definition) is 1. The first-order valence-electron chi connectivity index (χ1n) is 6.18. The third-order valence-electron chi connectivity index (χ3n) is 2.97. The monoisotopic (exact) mass is 303 g/mol. The molecular weight excluding hydrogens is 290 g/mol. The van der Waals surface area contributed by atoms with Gasteiger partial charge in [-0.2, -0.15) is 0 Å². The third kappa shape index (κ3) is 3.41. The SMILES string of the molecule is Cc1ccc(C(=O)O)c(SCc2ccccc2)c1[N+](=O)[O-]. The van der Waals surface area contributed by atoms with Crippen LogP contribution in [0.3, 0.4) is 0 Å². The fraction of sp³-hybridized carbons (Fsp3) is 0.133. The van der Waals surface area contributed by atoms with E-state index in [0.29, 0.717) is 11.3 Å². The summed E-state index contributed by atoms with van der Waals surface area (Å²) in [5.74, 6) is -0.681. The van der Waals surface area contributed by atoms with Gasteiger partial charge in [-0.1, -0.05) is 36.4 Å². The normalized spacial score (nSPS) is 10.3.